The highest BCUT2D eigenvalue weighted by atomic mass is 19.1. The molecule has 0 amide bonds. The van der Waals surface area contributed by atoms with E-state index in [4.69, 9.17) is 0 Å². The van der Waals surface area contributed by atoms with Gasteiger partial charge in [0.05, 0.1) is 11.3 Å². The Kier molecular flexibility index (Phi) is 4.87. The van der Waals surface area contributed by atoms with Crippen LogP contribution in [0.25, 0.3) is 5.69 Å². The topological polar surface area (TPSA) is 75.9 Å². The summed E-state index contributed by atoms with van der Waals surface area (Å²) in [7, 11) is 0. The molecule has 2 atom stereocenters. The third kappa shape index (κ3) is 4.07. The summed E-state index contributed by atoms with van der Waals surface area (Å²) >= 11 is 0. The van der Waals surface area contributed by atoms with Gasteiger partial charge in [-0.25, -0.2) is 9.07 Å². The van der Waals surface area contributed by atoms with Crippen LogP contribution in [0.2, 0.25) is 0 Å². The molecule has 1 heterocycles. The molecule has 7 heteroatoms. The smallest absolute Gasteiger partial charge is 0.143 e. The molecule has 0 fully saturated rings. The minimum Gasteiger partial charge on any atom is -0.384 e. The van der Waals surface area contributed by atoms with Gasteiger partial charge in [0.1, 0.15) is 12.1 Å². The van der Waals surface area contributed by atoms with E-state index in [0.29, 0.717) is 12.1 Å². The van der Waals surface area contributed by atoms with E-state index in [-0.39, 0.29) is 11.9 Å². The summed E-state index contributed by atoms with van der Waals surface area (Å²) in [5.41, 5.74) is 1.53. The van der Waals surface area contributed by atoms with Crippen molar-refractivity contribution in [1.29, 1.82) is 0 Å². The minimum absolute atomic E-state index is 0.0369. The fourth-order valence-electron chi connectivity index (χ4n) is 2.58. The van der Waals surface area contributed by atoms with Gasteiger partial charge in [-0.05, 0) is 59.7 Å². The van der Waals surface area contributed by atoms with Gasteiger partial charge >= 0.3 is 0 Å². The highest BCUT2D eigenvalue weighted by Crippen LogP contribution is 2.22. The number of rotatable bonds is 6. The maximum atomic E-state index is 13.0. The molecule has 6 nitrogen and oxygen atoms in total. The van der Waals surface area contributed by atoms with E-state index in [9.17, 15) is 9.50 Å². The summed E-state index contributed by atoms with van der Waals surface area (Å²) in [5, 5.41) is 25.0. The van der Waals surface area contributed by atoms with Gasteiger partial charge in [-0.1, -0.05) is 24.3 Å². The molecule has 0 saturated heterocycles. The fourth-order valence-corrected chi connectivity index (χ4v) is 2.58. The summed E-state index contributed by atoms with van der Waals surface area (Å²) in [4.78, 5) is 0. The van der Waals surface area contributed by atoms with Crippen LogP contribution in [0.1, 0.15) is 31.0 Å². The van der Waals surface area contributed by atoms with Crippen molar-refractivity contribution in [3.8, 4) is 5.69 Å². The molecule has 1 aromatic heterocycles. The molecule has 0 aliphatic heterocycles. The largest absolute Gasteiger partial charge is 0.384 e. The highest BCUT2D eigenvalue weighted by molar-refractivity contribution is 5.34. The Labute approximate surface area is 145 Å². The SMILES string of the molecule is C[C@@H](NC[C@](C)(O)c1ccc(F)cc1)c1ccc(-n2cnnn2)cc1. The Bertz CT molecular complexity index is 800. The van der Waals surface area contributed by atoms with E-state index in [1.807, 2.05) is 31.2 Å². The van der Waals surface area contributed by atoms with Crippen molar-refractivity contribution in [3.05, 3.63) is 71.8 Å². The lowest BCUT2D eigenvalue weighted by Crippen LogP contribution is -2.36. The van der Waals surface area contributed by atoms with Crippen LogP contribution in [0.5, 0.6) is 0 Å². The van der Waals surface area contributed by atoms with Crippen molar-refractivity contribution in [3.63, 3.8) is 0 Å². The van der Waals surface area contributed by atoms with Crippen LogP contribution in [0.4, 0.5) is 4.39 Å². The average Bonchev–Trinajstić information content (AvgIpc) is 3.15. The Balaban J connectivity index is 1.63. The zero-order valence-electron chi connectivity index (χ0n) is 14.1. The van der Waals surface area contributed by atoms with Gasteiger partial charge in [0.15, 0.2) is 0 Å². The van der Waals surface area contributed by atoms with Crippen LogP contribution in [0.15, 0.2) is 54.9 Å². The number of benzene rings is 2. The first-order valence-electron chi connectivity index (χ1n) is 8.01. The van der Waals surface area contributed by atoms with E-state index < -0.39 is 5.60 Å². The molecule has 0 unspecified atom stereocenters. The number of halogens is 1. The number of tetrazole rings is 1. The molecule has 25 heavy (non-hydrogen) atoms. The van der Waals surface area contributed by atoms with Crippen molar-refractivity contribution < 1.29 is 9.50 Å². The Morgan fingerprint density at radius 1 is 1.16 bits per heavy atom. The maximum Gasteiger partial charge on any atom is 0.143 e. The Morgan fingerprint density at radius 3 is 2.44 bits per heavy atom. The molecule has 0 spiro atoms. The number of nitrogens with zero attached hydrogens (tertiary/aromatic N) is 4. The van der Waals surface area contributed by atoms with Crippen LogP contribution >= 0.6 is 0 Å². The van der Waals surface area contributed by atoms with E-state index in [1.54, 1.807) is 23.7 Å². The number of aliphatic hydroxyl groups is 1. The van der Waals surface area contributed by atoms with Crippen LogP contribution in [-0.2, 0) is 5.60 Å². The molecule has 2 N–H and O–H groups in total. The first-order valence-corrected chi connectivity index (χ1v) is 8.01. The lowest BCUT2D eigenvalue weighted by Gasteiger charge is -2.26. The Hall–Kier alpha value is -2.64. The number of nitrogens with one attached hydrogen (secondary N) is 1. The van der Waals surface area contributed by atoms with Gasteiger partial charge in [-0.2, -0.15) is 0 Å². The second-order valence-electron chi connectivity index (χ2n) is 6.23. The van der Waals surface area contributed by atoms with Gasteiger partial charge in [-0.3, -0.25) is 0 Å². The first kappa shape index (κ1) is 17.2. The minimum atomic E-state index is -1.09. The molecule has 0 radical (unpaired) electrons. The molecular weight excluding hydrogens is 321 g/mol. The first-order chi connectivity index (χ1) is 12.0. The average molecular weight is 341 g/mol. The third-order valence-electron chi connectivity index (χ3n) is 4.23. The molecule has 3 rings (SSSR count). The van der Waals surface area contributed by atoms with Gasteiger partial charge in [-0.15, -0.1) is 5.10 Å². The van der Waals surface area contributed by atoms with E-state index >= 15 is 0 Å². The van der Waals surface area contributed by atoms with Gasteiger partial charge < -0.3 is 10.4 Å². The van der Waals surface area contributed by atoms with Gasteiger partial charge in [0.25, 0.3) is 0 Å². The highest BCUT2D eigenvalue weighted by Gasteiger charge is 2.23. The van der Waals surface area contributed by atoms with Crippen LogP contribution in [0, 0.1) is 5.82 Å². The molecule has 0 aliphatic rings. The van der Waals surface area contributed by atoms with Crippen molar-refractivity contribution in [1.82, 2.24) is 25.5 Å². The second-order valence-corrected chi connectivity index (χ2v) is 6.23. The zero-order chi connectivity index (χ0) is 17.9. The molecule has 0 aliphatic carbocycles. The van der Waals surface area contributed by atoms with Crippen molar-refractivity contribution in [2.45, 2.75) is 25.5 Å². The van der Waals surface area contributed by atoms with Gasteiger partial charge in [0.2, 0.25) is 0 Å². The zero-order valence-corrected chi connectivity index (χ0v) is 14.1. The summed E-state index contributed by atoms with van der Waals surface area (Å²) < 4.78 is 14.6. The molecule has 0 bridgehead atoms. The van der Waals surface area contributed by atoms with Gasteiger partial charge in [0, 0.05) is 12.6 Å². The summed E-state index contributed by atoms with van der Waals surface area (Å²) in [5.74, 6) is -0.316. The van der Waals surface area contributed by atoms with Crippen LogP contribution in [-0.4, -0.2) is 31.9 Å². The quantitative estimate of drug-likeness (QED) is 0.720. The van der Waals surface area contributed by atoms with Crippen molar-refractivity contribution in [2.75, 3.05) is 6.54 Å². The molecule has 2 aromatic carbocycles. The predicted molar refractivity (Wildman–Crippen MR) is 91.5 cm³/mol. The fraction of sp³-hybridized carbons (Fsp3) is 0.278. The summed E-state index contributed by atoms with van der Waals surface area (Å²) in [6.45, 7) is 4.07. The van der Waals surface area contributed by atoms with Crippen molar-refractivity contribution >= 4 is 0 Å². The molecule has 0 saturated carbocycles. The molecular formula is C18H20FN5O. The van der Waals surface area contributed by atoms with Crippen molar-refractivity contribution in [2.24, 2.45) is 0 Å². The third-order valence-corrected chi connectivity index (χ3v) is 4.23. The number of aromatic nitrogens is 4. The predicted octanol–water partition coefficient (Wildman–Crippen LogP) is 2.36. The van der Waals surface area contributed by atoms with Crippen LogP contribution in [0.3, 0.4) is 0 Å². The van der Waals surface area contributed by atoms with Crippen LogP contribution < -0.4 is 5.32 Å². The van der Waals surface area contributed by atoms with E-state index in [0.717, 1.165) is 11.3 Å². The Morgan fingerprint density at radius 2 is 1.84 bits per heavy atom. The lowest BCUT2D eigenvalue weighted by atomic mass is 9.95. The lowest BCUT2D eigenvalue weighted by molar-refractivity contribution is 0.0543. The molecule has 3 aromatic rings. The number of hydrogen-bond acceptors (Lipinski definition) is 5. The summed E-state index contributed by atoms with van der Waals surface area (Å²) in [6, 6.07) is 13.8. The van der Waals surface area contributed by atoms with E-state index in [1.165, 1.54) is 18.5 Å². The molecule has 130 valence electrons. The monoisotopic (exact) mass is 341 g/mol. The summed E-state index contributed by atoms with van der Waals surface area (Å²) in [6.07, 6.45) is 1.54. The normalized spacial score (nSPS) is 14.9. The number of hydrogen-bond donors (Lipinski definition) is 2. The van der Waals surface area contributed by atoms with E-state index in [2.05, 4.69) is 20.8 Å². The second kappa shape index (κ2) is 7.08. The maximum absolute atomic E-state index is 13.0. The standard InChI is InChI=1S/C18H20FN5O/c1-13(14-3-9-17(10-4-14)24-12-21-22-23-24)20-11-18(2,25)15-5-7-16(19)8-6-15/h3-10,12-13,20,25H,11H2,1-2H3/t13-,18+/m1/s1.